The Balaban J connectivity index is 1.61. The first-order valence-electron chi connectivity index (χ1n) is 9.50. The van der Waals surface area contributed by atoms with Crippen LogP contribution in [0.4, 0.5) is 0 Å². The van der Waals surface area contributed by atoms with Gasteiger partial charge in [-0.2, -0.15) is 4.98 Å². The summed E-state index contributed by atoms with van der Waals surface area (Å²) in [5.74, 6) is 1.91. The Hall–Kier alpha value is -2.95. The smallest absolute Gasteiger partial charge is 0.258 e. The quantitative estimate of drug-likeness (QED) is 0.593. The lowest BCUT2D eigenvalue weighted by molar-refractivity contribution is 0.346. The molecule has 2 heterocycles. The van der Waals surface area contributed by atoms with E-state index in [-0.39, 0.29) is 11.5 Å². The van der Waals surface area contributed by atoms with Crippen molar-refractivity contribution in [2.75, 3.05) is 7.11 Å². The predicted octanol–water partition coefficient (Wildman–Crippen LogP) is 5.63. The zero-order chi connectivity index (χ0) is 19.9. The first kappa shape index (κ1) is 18.4. The van der Waals surface area contributed by atoms with Crippen LogP contribution in [0.3, 0.4) is 0 Å². The molecule has 0 bridgehead atoms. The summed E-state index contributed by atoms with van der Waals surface area (Å²) in [5.41, 5.74) is 5.52. The minimum Gasteiger partial charge on any atom is -0.497 e. The van der Waals surface area contributed by atoms with Gasteiger partial charge in [0.1, 0.15) is 5.75 Å². The highest BCUT2D eigenvalue weighted by Crippen LogP contribution is 2.38. The van der Waals surface area contributed by atoms with Gasteiger partial charge in [0.15, 0.2) is 0 Å². The normalized spacial score (nSPS) is 15.7. The summed E-state index contributed by atoms with van der Waals surface area (Å²) in [6, 6.07) is 12.3. The van der Waals surface area contributed by atoms with Crippen LogP contribution in [0.25, 0.3) is 22.8 Å². The van der Waals surface area contributed by atoms with Crippen LogP contribution in [0.15, 0.2) is 45.9 Å². The summed E-state index contributed by atoms with van der Waals surface area (Å²) in [7, 11) is 1.66. The monoisotopic (exact) mass is 375 g/mol. The van der Waals surface area contributed by atoms with Crippen LogP contribution in [0.1, 0.15) is 49.9 Å². The van der Waals surface area contributed by atoms with Crippen molar-refractivity contribution in [2.45, 2.75) is 40.2 Å². The van der Waals surface area contributed by atoms with Crippen LogP contribution in [0.2, 0.25) is 0 Å². The van der Waals surface area contributed by atoms with Crippen LogP contribution < -0.4 is 4.74 Å². The molecule has 3 aromatic rings. The first-order valence-corrected chi connectivity index (χ1v) is 9.50. The Morgan fingerprint density at radius 3 is 2.64 bits per heavy atom. The van der Waals surface area contributed by atoms with Gasteiger partial charge in [-0.3, -0.25) is 4.99 Å². The number of hydrogen-bond acceptors (Lipinski definition) is 5. The van der Waals surface area contributed by atoms with Crippen molar-refractivity contribution in [1.82, 2.24) is 10.1 Å². The first-order chi connectivity index (χ1) is 13.3. The van der Waals surface area contributed by atoms with Gasteiger partial charge in [-0.1, -0.05) is 32.0 Å². The van der Waals surface area contributed by atoms with E-state index in [1.807, 2.05) is 37.4 Å². The molecule has 0 radical (unpaired) electrons. The number of nitrogens with zero attached hydrogens (tertiary/aromatic N) is 3. The van der Waals surface area contributed by atoms with Crippen molar-refractivity contribution >= 4 is 6.21 Å². The molecule has 1 unspecified atom stereocenters. The van der Waals surface area contributed by atoms with Crippen molar-refractivity contribution in [1.29, 1.82) is 0 Å². The summed E-state index contributed by atoms with van der Waals surface area (Å²) in [6.45, 7) is 8.75. The zero-order valence-electron chi connectivity index (χ0n) is 17.0. The SMILES string of the molecule is COc1ccc(-c2noc(-c3ccc4c(c3)C=NC4CC(C)(C)C)n2)c(C)c1. The zero-order valence-corrected chi connectivity index (χ0v) is 17.0. The standard InChI is InChI=1S/C23H25N3O2/c1-14-10-17(27-5)7-9-18(14)21-25-22(28-26-21)15-6-8-19-16(11-15)13-24-20(19)12-23(2,3)4/h6-11,13,20H,12H2,1-5H3. The molecule has 5 nitrogen and oxygen atoms in total. The predicted molar refractivity (Wildman–Crippen MR) is 111 cm³/mol. The molecule has 1 atom stereocenters. The number of aliphatic imine (C=N–C) groups is 1. The van der Waals surface area contributed by atoms with Gasteiger partial charge in [0, 0.05) is 17.3 Å². The second-order valence-electron chi connectivity index (χ2n) is 8.51. The van der Waals surface area contributed by atoms with Crippen molar-refractivity contribution in [2.24, 2.45) is 10.4 Å². The van der Waals surface area contributed by atoms with E-state index in [0.717, 1.165) is 34.4 Å². The third kappa shape index (κ3) is 3.57. The van der Waals surface area contributed by atoms with Crippen LogP contribution in [0.5, 0.6) is 5.75 Å². The molecule has 1 aliphatic rings. The van der Waals surface area contributed by atoms with Crippen LogP contribution >= 0.6 is 0 Å². The minimum atomic E-state index is 0.226. The van der Waals surface area contributed by atoms with Crippen molar-refractivity contribution in [3.63, 3.8) is 0 Å². The van der Waals surface area contributed by atoms with E-state index in [0.29, 0.717) is 11.7 Å². The van der Waals surface area contributed by atoms with Crippen LogP contribution in [0, 0.1) is 12.3 Å². The molecular formula is C23H25N3O2. The lowest BCUT2D eigenvalue weighted by atomic mass is 9.85. The average Bonchev–Trinajstić information content (AvgIpc) is 3.27. The van der Waals surface area contributed by atoms with E-state index < -0.39 is 0 Å². The third-order valence-electron chi connectivity index (χ3n) is 4.99. The van der Waals surface area contributed by atoms with Gasteiger partial charge in [0.2, 0.25) is 5.82 Å². The minimum absolute atomic E-state index is 0.226. The number of rotatable bonds is 4. The van der Waals surface area contributed by atoms with E-state index >= 15 is 0 Å². The fraction of sp³-hybridized carbons (Fsp3) is 0.348. The van der Waals surface area contributed by atoms with Crippen LogP contribution in [-0.4, -0.2) is 23.5 Å². The molecule has 28 heavy (non-hydrogen) atoms. The number of hydrogen-bond donors (Lipinski definition) is 0. The lowest BCUT2D eigenvalue weighted by Gasteiger charge is -2.22. The Bertz CT molecular complexity index is 1040. The molecule has 0 spiro atoms. The van der Waals surface area contributed by atoms with Gasteiger partial charge >= 0.3 is 0 Å². The Kier molecular flexibility index (Phi) is 4.53. The number of ether oxygens (including phenoxy) is 1. The molecule has 144 valence electrons. The van der Waals surface area contributed by atoms with Gasteiger partial charge in [-0.25, -0.2) is 0 Å². The fourth-order valence-electron chi connectivity index (χ4n) is 3.58. The maximum atomic E-state index is 5.55. The van der Waals surface area contributed by atoms with Gasteiger partial charge < -0.3 is 9.26 Å². The molecule has 1 aliphatic heterocycles. The van der Waals surface area contributed by atoms with Crippen molar-refractivity contribution in [3.8, 4) is 28.6 Å². The van der Waals surface area contributed by atoms with Gasteiger partial charge in [0.25, 0.3) is 5.89 Å². The molecule has 0 saturated heterocycles. The van der Waals surface area contributed by atoms with Crippen molar-refractivity contribution in [3.05, 3.63) is 53.1 Å². The second kappa shape index (κ2) is 6.89. The highest BCUT2D eigenvalue weighted by molar-refractivity contribution is 5.87. The molecule has 2 aromatic carbocycles. The molecule has 4 rings (SSSR count). The van der Waals surface area contributed by atoms with E-state index in [2.05, 4.69) is 43.0 Å². The third-order valence-corrected chi connectivity index (χ3v) is 4.99. The van der Waals surface area contributed by atoms with E-state index in [9.17, 15) is 0 Å². The molecule has 5 heteroatoms. The molecule has 0 fully saturated rings. The van der Waals surface area contributed by atoms with E-state index in [1.165, 1.54) is 5.56 Å². The molecule has 0 amide bonds. The molecular weight excluding hydrogens is 350 g/mol. The van der Waals surface area contributed by atoms with Gasteiger partial charge in [-0.15, -0.1) is 0 Å². The molecule has 1 aromatic heterocycles. The molecule has 0 N–H and O–H groups in total. The molecule has 0 saturated carbocycles. The number of methoxy groups -OCH3 is 1. The topological polar surface area (TPSA) is 60.5 Å². The second-order valence-corrected chi connectivity index (χ2v) is 8.51. The Morgan fingerprint density at radius 2 is 1.93 bits per heavy atom. The average molecular weight is 375 g/mol. The van der Waals surface area contributed by atoms with Crippen molar-refractivity contribution < 1.29 is 9.26 Å². The summed E-state index contributed by atoms with van der Waals surface area (Å²) in [5, 5.41) is 4.18. The van der Waals surface area contributed by atoms with Gasteiger partial charge in [-0.05, 0) is 65.8 Å². The van der Waals surface area contributed by atoms with Crippen LogP contribution in [-0.2, 0) is 0 Å². The summed E-state index contributed by atoms with van der Waals surface area (Å²) >= 11 is 0. The number of aromatic nitrogens is 2. The summed E-state index contributed by atoms with van der Waals surface area (Å²) in [6.07, 6.45) is 2.98. The largest absolute Gasteiger partial charge is 0.497 e. The van der Waals surface area contributed by atoms with E-state index in [4.69, 9.17) is 14.3 Å². The Morgan fingerprint density at radius 1 is 1.11 bits per heavy atom. The fourth-order valence-corrected chi connectivity index (χ4v) is 3.58. The highest BCUT2D eigenvalue weighted by atomic mass is 16.5. The number of fused-ring (bicyclic) bond motifs is 1. The van der Waals surface area contributed by atoms with E-state index in [1.54, 1.807) is 7.11 Å². The summed E-state index contributed by atoms with van der Waals surface area (Å²) < 4.78 is 10.8. The number of aryl methyl sites for hydroxylation is 1. The maximum absolute atomic E-state index is 5.55. The highest BCUT2D eigenvalue weighted by Gasteiger charge is 2.25. The number of benzene rings is 2. The Labute approximate surface area is 165 Å². The lowest BCUT2D eigenvalue weighted by Crippen LogP contribution is -2.09. The maximum Gasteiger partial charge on any atom is 0.258 e. The van der Waals surface area contributed by atoms with Gasteiger partial charge in [0.05, 0.1) is 13.2 Å². The molecule has 0 aliphatic carbocycles. The summed E-state index contributed by atoms with van der Waals surface area (Å²) in [4.78, 5) is 9.31.